The maximum atomic E-state index is 12.3. The number of methoxy groups -OCH3 is 2. The Morgan fingerprint density at radius 3 is 2.30 bits per heavy atom. The molecule has 3 N–H and O–H groups in total. The zero-order chi connectivity index (χ0) is 15.4. The van der Waals surface area contributed by atoms with Crippen molar-refractivity contribution in [1.82, 2.24) is 4.72 Å². The molecule has 1 rings (SSSR count). The summed E-state index contributed by atoms with van der Waals surface area (Å²) >= 11 is 0. The molecule has 0 spiro atoms. The summed E-state index contributed by atoms with van der Waals surface area (Å²) in [6.45, 7) is 3.37. The van der Waals surface area contributed by atoms with E-state index in [1.807, 2.05) is 0 Å². The Labute approximate surface area is 119 Å². The quantitative estimate of drug-likeness (QED) is 0.718. The zero-order valence-corrected chi connectivity index (χ0v) is 12.8. The van der Waals surface area contributed by atoms with Crippen LogP contribution in [0.1, 0.15) is 13.8 Å². The van der Waals surface area contributed by atoms with Crippen LogP contribution in [-0.2, 0) is 14.9 Å². The van der Waals surface area contributed by atoms with E-state index in [0.717, 1.165) is 0 Å². The highest BCUT2D eigenvalue weighted by Gasteiger charge is 2.27. The number of sulfonamides is 1. The molecule has 0 amide bonds. The van der Waals surface area contributed by atoms with Crippen molar-refractivity contribution in [3.8, 4) is 11.5 Å². The Morgan fingerprint density at radius 1 is 1.20 bits per heavy atom. The maximum absolute atomic E-state index is 12.3. The number of ether oxygens (including phenoxy) is 2. The van der Waals surface area contributed by atoms with Gasteiger partial charge in [0, 0.05) is 6.07 Å². The average molecular weight is 304 g/mol. The number of nitrogens with one attached hydrogen (secondary N) is 1. The normalized spacial score (nSPS) is 12.2. The second-order valence-electron chi connectivity index (χ2n) is 4.82. The molecule has 114 valence electrons. The van der Waals surface area contributed by atoms with Gasteiger partial charge in [-0.25, -0.2) is 19.0 Å². The third kappa shape index (κ3) is 4.07. The molecular weight excluding hydrogens is 284 g/mol. The van der Waals surface area contributed by atoms with Gasteiger partial charge in [0.1, 0.15) is 0 Å². The Morgan fingerprint density at radius 2 is 1.80 bits per heavy atom. The molecule has 0 unspecified atom stereocenters. The van der Waals surface area contributed by atoms with Crippen molar-refractivity contribution in [2.75, 3.05) is 20.8 Å². The SMILES string of the molecule is COc1ccc(S(=O)(=O)NC(C)(C)CON)cc1OC. The minimum absolute atomic E-state index is 0.0412. The van der Waals surface area contributed by atoms with Crippen molar-refractivity contribution in [3.63, 3.8) is 0 Å². The van der Waals surface area contributed by atoms with E-state index in [2.05, 4.69) is 9.56 Å². The van der Waals surface area contributed by atoms with Gasteiger partial charge in [0.2, 0.25) is 10.0 Å². The number of hydrogen-bond acceptors (Lipinski definition) is 6. The molecule has 1 aromatic carbocycles. The van der Waals surface area contributed by atoms with E-state index in [1.165, 1.54) is 32.4 Å². The van der Waals surface area contributed by atoms with Gasteiger partial charge in [-0.05, 0) is 26.0 Å². The summed E-state index contributed by atoms with van der Waals surface area (Å²) in [5.41, 5.74) is -0.833. The molecule has 0 radical (unpaired) electrons. The van der Waals surface area contributed by atoms with E-state index >= 15 is 0 Å². The molecule has 8 heteroatoms. The fraction of sp³-hybridized carbons (Fsp3) is 0.500. The molecule has 20 heavy (non-hydrogen) atoms. The first-order chi connectivity index (χ1) is 9.25. The van der Waals surface area contributed by atoms with Gasteiger partial charge in [-0.3, -0.25) is 0 Å². The Hall–Kier alpha value is -1.35. The second kappa shape index (κ2) is 6.40. The van der Waals surface area contributed by atoms with Crippen molar-refractivity contribution in [3.05, 3.63) is 18.2 Å². The smallest absolute Gasteiger partial charge is 0.241 e. The third-order valence-electron chi connectivity index (χ3n) is 2.52. The van der Waals surface area contributed by atoms with E-state index in [0.29, 0.717) is 11.5 Å². The molecule has 0 fully saturated rings. The summed E-state index contributed by atoms with van der Waals surface area (Å²) in [6.07, 6.45) is 0. The van der Waals surface area contributed by atoms with E-state index in [-0.39, 0.29) is 11.5 Å². The van der Waals surface area contributed by atoms with Crippen LogP contribution in [0.2, 0.25) is 0 Å². The molecule has 0 aromatic heterocycles. The summed E-state index contributed by atoms with van der Waals surface area (Å²) < 4.78 is 37.2. The van der Waals surface area contributed by atoms with Crippen LogP contribution in [0.5, 0.6) is 11.5 Å². The lowest BCUT2D eigenvalue weighted by molar-refractivity contribution is 0.0929. The monoisotopic (exact) mass is 304 g/mol. The van der Waals surface area contributed by atoms with Crippen LogP contribution in [0.15, 0.2) is 23.1 Å². The van der Waals surface area contributed by atoms with Crippen LogP contribution in [0.25, 0.3) is 0 Å². The van der Waals surface area contributed by atoms with Crippen molar-refractivity contribution in [2.45, 2.75) is 24.3 Å². The molecule has 0 aliphatic rings. The molecule has 0 heterocycles. The lowest BCUT2D eigenvalue weighted by Gasteiger charge is -2.24. The predicted molar refractivity (Wildman–Crippen MR) is 74.1 cm³/mol. The summed E-state index contributed by atoms with van der Waals surface area (Å²) in [6, 6.07) is 4.35. The lowest BCUT2D eigenvalue weighted by Crippen LogP contribution is -2.47. The van der Waals surface area contributed by atoms with Crippen molar-refractivity contribution in [2.24, 2.45) is 5.90 Å². The van der Waals surface area contributed by atoms with E-state index in [1.54, 1.807) is 13.8 Å². The fourth-order valence-electron chi connectivity index (χ4n) is 1.64. The van der Waals surface area contributed by atoms with Gasteiger partial charge in [0.15, 0.2) is 11.5 Å². The number of hydrogen-bond donors (Lipinski definition) is 2. The van der Waals surface area contributed by atoms with Gasteiger partial charge in [0.25, 0.3) is 0 Å². The Balaban J connectivity index is 3.10. The fourth-order valence-corrected chi connectivity index (χ4v) is 3.06. The summed E-state index contributed by atoms with van der Waals surface area (Å²) in [4.78, 5) is 4.57. The topological polar surface area (TPSA) is 99.9 Å². The number of nitrogens with two attached hydrogens (primary N) is 1. The predicted octanol–water partition coefficient (Wildman–Crippen LogP) is 0.651. The molecule has 1 aromatic rings. The molecule has 0 aliphatic carbocycles. The average Bonchev–Trinajstić information content (AvgIpc) is 2.36. The first-order valence-corrected chi connectivity index (χ1v) is 7.32. The number of rotatable bonds is 7. The van der Waals surface area contributed by atoms with E-state index in [9.17, 15) is 8.42 Å². The Kier molecular flexibility index (Phi) is 5.35. The number of benzene rings is 1. The highest BCUT2D eigenvalue weighted by Crippen LogP contribution is 2.29. The molecule has 0 saturated heterocycles. The van der Waals surface area contributed by atoms with Crippen LogP contribution < -0.4 is 20.1 Å². The minimum atomic E-state index is -3.72. The van der Waals surface area contributed by atoms with Crippen molar-refractivity contribution < 1.29 is 22.7 Å². The van der Waals surface area contributed by atoms with Gasteiger partial charge >= 0.3 is 0 Å². The van der Waals surface area contributed by atoms with Crippen molar-refractivity contribution >= 4 is 10.0 Å². The van der Waals surface area contributed by atoms with Crippen LogP contribution in [0.4, 0.5) is 0 Å². The van der Waals surface area contributed by atoms with Crippen LogP contribution in [-0.4, -0.2) is 34.8 Å². The third-order valence-corrected chi connectivity index (χ3v) is 4.22. The Bertz CT molecular complexity index is 557. The first kappa shape index (κ1) is 16.7. The first-order valence-electron chi connectivity index (χ1n) is 5.83. The van der Waals surface area contributed by atoms with Crippen LogP contribution >= 0.6 is 0 Å². The maximum Gasteiger partial charge on any atom is 0.241 e. The largest absolute Gasteiger partial charge is 0.493 e. The second-order valence-corrected chi connectivity index (χ2v) is 6.50. The molecule has 0 atom stereocenters. The van der Waals surface area contributed by atoms with Gasteiger partial charge in [-0.1, -0.05) is 0 Å². The van der Waals surface area contributed by atoms with Gasteiger partial charge < -0.3 is 14.3 Å². The van der Waals surface area contributed by atoms with Crippen LogP contribution in [0.3, 0.4) is 0 Å². The molecule has 0 bridgehead atoms. The summed E-state index contributed by atoms with van der Waals surface area (Å²) in [5, 5.41) is 0. The van der Waals surface area contributed by atoms with Gasteiger partial charge in [-0.2, -0.15) is 0 Å². The summed E-state index contributed by atoms with van der Waals surface area (Å²) in [7, 11) is -0.802. The highest BCUT2D eigenvalue weighted by atomic mass is 32.2. The molecule has 0 aliphatic heterocycles. The molecular formula is C12H20N2O5S. The lowest BCUT2D eigenvalue weighted by atomic mass is 10.1. The minimum Gasteiger partial charge on any atom is -0.493 e. The highest BCUT2D eigenvalue weighted by molar-refractivity contribution is 7.89. The van der Waals surface area contributed by atoms with E-state index < -0.39 is 15.6 Å². The zero-order valence-electron chi connectivity index (χ0n) is 12.0. The molecule has 7 nitrogen and oxygen atoms in total. The van der Waals surface area contributed by atoms with Gasteiger partial charge in [0.05, 0.1) is 31.3 Å². The van der Waals surface area contributed by atoms with Crippen molar-refractivity contribution in [1.29, 1.82) is 0 Å². The van der Waals surface area contributed by atoms with E-state index in [4.69, 9.17) is 15.4 Å². The van der Waals surface area contributed by atoms with Gasteiger partial charge in [-0.15, -0.1) is 0 Å². The van der Waals surface area contributed by atoms with Crippen LogP contribution in [0, 0.1) is 0 Å². The molecule has 0 saturated carbocycles. The standard InChI is InChI=1S/C12H20N2O5S/c1-12(2,8-19-13)14-20(15,16)9-5-6-10(17-3)11(7-9)18-4/h5-7,14H,8,13H2,1-4H3. The summed E-state index contributed by atoms with van der Waals surface area (Å²) in [5.74, 6) is 5.78.